The van der Waals surface area contributed by atoms with Crippen molar-refractivity contribution in [2.45, 2.75) is 13.8 Å². The lowest BCUT2D eigenvalue weighted by Gasteiger charge is -2.25. The van der Waals surface area contributed by atoms with Crippen LogP contribution in [0, 0.1) is 13.8 Å². The van der Waals surface area contributed by atoms with Crippen LogP contribution in [0.1, 0.15) is 27.0 Å². The number of hydrogen-bond donors (Lipinski definition) is 2. The van der Waals surface area contributed by atoms with Crippen LogP contribution in [0.3, 0.4) is 0 Å². The summed E-state index contributed by atoms with van der Waals surface area (Å²) in [5.74, 6) is 1.12. The van der Waals surface area contributed by atoms with Crippen molar-refractivity contribution in [1.82, 2.24) is 10.2 Å². The van der Waals surface area contributed by atoms with Gasteiger partial charge in [0.2, 0.25) is 0 Å². The number of ketones is 1. The van der Waals surface area contributed by atoms with Crippen LogP contribution >= 0.6 is 0 Å². The molecule has 0 atom stereocenters. The number of aromatic nitrogens is 2. The predicted octanol–water partition coefficient (Wildman–Crippen LogP) is 8.37. The third-order valence-electron chi connectivity index (χ3n) is 7.43. The average molecular weight is 536 g/mol. The number of nitrogens with zero attached hydrogens (tertiary/aromatic N) is 2. The third-order valence-corrected chi connectivity index (χ3v) is 7.43. The molecule has 0 spiro atoms. The van der Waals surface area contributed by atoms with Gasteiger partial charge < -0.3 is 15.2 Å². The average Bonchev–Trinajstić information content (AvgIpc) is 2.98. The van der Waals surface area contributed by atoms with Gasteiger partial charge in [0, 0.05) is 33.8 Å². The van der Waals surface area contributed by atoms with Gasteiger partial charge in [0.25, 0.3) is 0 Å². The van der Waals surface area contributed by atoms with Crippen LogP contribution in [-0.4, -0.2) is 21.1 Å². The minimum Gasteiger partial charge on any atom is -0.507 e. The standard InChI is InChI=1S/C35H25N3O3/c1-20-16-17-28(21(2)18-20)41-29-19-26(36-22-10-4-3-5-11-22)31-32-30(23-12-6-7-13-24(23)35(31)40)33(37-38-34(29)32)25-14-8-9-15-27(25)39/h3-19,36,39H,1-2H3. The van der Waals surface area contributed by atoms with E-state index in [4.69, 9.17) is 4.74 Å². The Morgan fingerprint density at radius 1 is 0.707 bits per heavy atom. The molecule has 6 nitrogen and oxygen atoms in total. The number of ether oxygens (including phenoxy) is 1. The number of phenols is 1. The Hall–Kier alpha value is -5.49. The summed E-state index contributed by atoms with van der Waals surface area (Å²) in [7, 11) is 0. The number of aryl methyl sites for hydroxylation is 2. The van der Waals surface area contributed by atoms with Gasteiger partial charge in [0.15, 0.2) is 11.5 Å². The van der Waals surface area contributed by atoms with Crippen molar-refractivity contribution >= 4 is 28.1 Å². The fraction of sp³-hybridized carbons (Fsp3) is 0.0571. The number of carbonyl (C=O) groups is 1. The molecule has 6 aromatic rings. The highest BCUT2D eigenvalue weighted by Gasteiger charge is 2.33. The first-order valence-corrected chi connectivity index (χ1v) is 13.4. The summed E-state index contributed by atoms with van der Waals surface area (Å²) in [6, 6.07) is 32.1. The lowest BCUT2D eigenvalue weighted by atomic mass is 9.81. The van der Waals surface area contributed by atoms with Crippen LogP contribution in [0.15, 0.2) is 103 Å². The molecule has 7 rings (SSSR count). The van der Waals surface area contributed by atoms with Gasteiger partial charge in [-0.1, -0.05) is 72.3 Å². The van der Waals surface area contributed by atoms with Crippen molar-refractivity contribution in [1.29, 1.82) is 0 Å². The molecule has 0 saturated heterocycles. The molecule has 1 aromatic heterocycles. The van der Waals surface area contributed by atoms with Crippen LogP contribution in [0.25, 0.3) is 33.3 Å². The summed E-state index contributed by atoms with van der Waals surface area (Å²) < 4.78 is 6.52. The van der Waals surface area contributed by atoms with Crippen molar-refractivity contribution in [3.63, 3.8) is 0 Å². The van der Waals surface area contributed by atoms with Gasteiger partial charge in [-0.25, -0.2) is 0 Å². The zero-order valence-electron chi connectivity index (χ0n) is 22.5. The van der Waals surface area contributed by atoms with E-state index in [1.165, 1.54) is 0 Å². The highest BCUT2D eigenvalue weighted by molar-refractivity contribution is 6.30. The van der Waals surface area contributed by atoms with E-state index in [0.717, 1.165) is 27.9 Å². The minimum absolute atomic E-state index is 0.0821. The van der Waals surface area contributed by atoms with E-state index in [-0.39, 0.29) is 11.5 Å². The van der Waals surface area contributed by atoms with Crippen molar-refractivity contribution in [3.8, 4) is 39.6 Å². The van der Waals surface area contributed by atoms with E-state index < -0.39 is 0 Å². The van der Waals surface area contributed by atoms with Gasteiger partial charge >= 0.3 is 0 Å². The van der Waals surface area contributed by atoms with Gasteiger partial charge in [0.05, 0.1) is 11.3 Å². The Kier molecular flexibility index (Phi) is 5.75. The second-order valence-corrected chi connectivity index (χ2v) is 10.2. The minimum atomic E-state index is -0.120. The molecule has 0 amide bonds. The maximum atomic E-state index is 14.2. The van der Waals surface area contributed by atoms with Gasteiger partial charge in [-0.2, -0.15) is 0 Å². The number of nitrogens with one attached hydrogen (secondary N) is 1. The molecule has 0 saturated carbocycles. The highest BCUT2D eigenvalue weighted by Crippen LogP contribution is 2.49. The molecule has 1 aliphatic rings. The quantitative estimate of drug-likeness (QED) is 0.230. The first-order chi connectivity index (χ1) is 20.0. The summed E-state index contributed by atoms with van der Waals surface area (Å²) in [6.45, 7) is 4.04. The number of benzene rings is 5. The summed E-state index contributed by atoms with van der Waals surface area (Å²) >= 11 is 0. The number of rotatable bonds is 5. The van der Waals surface area contributed by atoms with Crippen LogP contribution in [0.5, 0.6) is 17.2 Å². The van der Waals surface area contributed by atoms with Crippen LogP contribution < -0.4 is 10.1 Å². The fourth-order valence-corrected chi connectivity index (χ4v) is 5.54. The van der Waals surface area contributed by atoms with Gasteiger partial charge in [-0.05, 0) is 55.3 Å². The smallest absolute Gasteiger partial charge is 0.196 e. The second-order valence-electron chi connectivity index (χ2n) is 10.2. The van der Waals surface area contributed by atoms with Gasteiger partial charge in [0.1, 0.15) is 22.7 Å². The Morgan fingerprint density at radius 2 is 1.41 bits per heavy atom. The molecule has 0 radical (unpaired) electrons. The van der Waals surface area contributed by atoms with Gasteiger partial charge in [-0.15, -0.1) is 10.2 Å². The van der Waals surface area contributed by atoms with E-state index in [9.17, 15) is 9.90 Å². The number of anilines is 2. The van der Waals surface area contributed by atoms with Crippen molar-refractivity contribution < 1.29 is 14.6 Å². The molecule has 0 aliphatic heterocycles. The number of phenolic OH excluding ortho intramolecular Hbond substituents is 1. The third kappa shape index (κ3) is 4.08. The van der Waals surface area contributed by atoms with E-state index in [0.29, 0.717) is 50.5 Å². The molecule has 0 unspecified atom stereocenters. The number of para-hydroxylation sites is 2. The van der Waals surface area contributed by atoms with E-state index >= 15 is 0 Å². The molecule has 5 aromatic carbocycles. The second kappa shape index (κ2) is 9.61. The Bertz CT molecular complexity index is 2000. The lowest BCUT2D eigenvalue weighted by Crippen LogP contribution is -2.15. The first kappa shape index (κ1) is 24.5. The monoisotopic (exact) mass is 535 g/mol. The van der Waals surface area contributed by atoms with Crippen molar-refractivity contribution in [2.75, 3.05) is 5.32 Å². The lowest BCUT2D eigenvalue weighted by molar-refractivity contribution is 0.104. The number of fused-ring (bicyclic) bond motifs is 2. The maximum absolute atomic E-state index is 14.2. The summed E-state index contributed by atoms with van der Waals surface area (Å²) in [5.41, 5.74) is 7.53. The maximum Gasteiger partial charge on any atom is 0.196 e. The van der Waals surface area contributed by atoms with Gasteiger partial charge in [-0.3, -0.25) is 4.79 Å². The molecular formula is C35H25N3O3. The molecule has 198 valence electrons. The molecule has 1 aliphatic carbocycles. The number of carbonyl (C=O) groups excluding carboxylic acids is 1. The summed E-state index contributed by atoms with van der Waals surface area (Å²) in [4.78, 5) is 14.2. The van der Waals surface area contributed by atoms with E-state index in [2.05, 4.69) is 21.6 Å². The first-order valence-electron chi connectivity index (χ1n) is 13.4. The zero-order valence-corrected chi connectivity index (χ0v) is 22.5. The fourth-order valence-electron chi connectivity index (χ4n) is 5.54. The SMILES string of the molecule is Cc1ccc(Oc2cc(Nc3ccccc3)c3c4c(c(-c5ccccc5O)nnc24)-c2ccccc2C3=O)c(C)c1. The van der Waals surface area contributed by atoms with E-state index in [1.807, 2.05) is 92.7 Å². The number of hydrogen-bond acceptors (Lipinski definition) is 6. The summed E-state index contributed by atoms with van der Waals surface area (Å²) in [5, 5.41) is 24.2. The van der Waals surface area contributed by atoms with Crippen molar-refractivity contribution in [3.05, 3.63) is 125 Å². The highest BCUT2D eigenvalue weighted by atomic mass is 16.5. The van der Waals surface area contributed by atoms with Crippen LogP contribution in [-0.2, 0) is 0 Å². The molecule has 41 heavy (non-hydrogen) atoms. The Balaban J connectivity index is 1.59. The predicted molar refractivity (Wildman–Crippen MR) is 161 cm³/mol. The molecule has 0 fully saturated rings. The van der Waals surface area contributed by atoms with Crippen LogP contribution in [0.2, 0.25) is 0 Å². The molecule has 0 bridgehead atoms. The largest absolute Gasteiger partial charge is 0.507 e. The topological polar surface area (TPSA) is 84.3 Å². The Labute approximate surface area is 236 Å². The van der Waals surface area contributed by atoms with E-state index in [1.54, 1.807) is 18.2 Å². The van der Waals surface area contributed by atoms with Crippen molar-refractivity contribution in [2.24, 2.45) is 0 Å². The molecule has 2 N–H and O–H groups in total. The molecule has 6 heteroatoms. The summed E-state index contributed by atoms with van der Waals surface area (Å²) in [6.07, 6.45) is 0. The molecule has 1 heterocycles. The number of aromatic hydroxyl groups is 1. The zero-order chi connectivity index (χ0) is 28.1. The Morgan fingerprint density at radius 3 is 2.17 bits per heavy atom. The van der Waals surface area contributed by atoms with Crippen LogP contribution in [0.4, 0.5) is 11.4 Å². The molecular weight excluding hydrogens is 510 g/mol. The normalized spacial score (nSPS) is 11.8.